The molecule has 0 aromatic rings. The highest BCUT2D eigenvalue weighted by molar-refractivity contribution is 5.74. The molecule has 2 N–H and O–H groups in total. The predicted molar refractivity (Wildman–Crippen MR) is 69.0 cm³/mol. The molecular weight excluding hydrogens is 214 g/mol. The zero-order chi connectivity index (χ0) is 12.1. The van der Waals surface area contributed by atoms with Crippen LogP contribution in [-0.4, -0.2) is 43.2 Å². The van der Waals surface area contributed by atoms with E-state index >= 15 is 0 Å². The Kier molecular flexibility index (Phi) is 4.66. The van der Waals surface area contributed by atoms with Gasteiger partial charge in [-0.25, -0.2) is 4.79 Å². The van der Waals surface area contributed by atoms with Crippen LogP contribution in [0.5, 0.6) is 0 Å². The van der Waals surface area contributed by atoms with E-state index in [2.05, 4.69) is 17.6 Å². The fraction of sp³-hybridized carbons (Fsp3) is 0.923. The fourth-order valence-electron chi connectivity index (χ4n) is 2.78. The first-order valence-corrected chi connectivity index (χ1v) is 7.02. The van der Waals surface area contributed by atoms with E-state index in [0.717, 1.165) is 39.0 Å². The van der Waals surface area contributed by atoms with Crippen LogP contribution in [0, 0.1) is 5.92 Å². The zero-order valence-electron chi connectivity index (χ0n) is 10.9. The van der Waals surface area contributed by atoms with Gasteiger partial charge in [0, 0.05) is 25.7 Å². The largest absolute Gasteiger partial charge is 0.334 e. The molecule has 2 heterocycles. The molecule has 2 fully saturated rings. The van der Waals surface area contributed by atoms with E-state index in [9.17, 15) is 4.79 Å². The van der Waals surface area contributed by atoms with Gasteiger partial charge in [0.1, 0.15) is 0 Å². The number of hydrogen-bond donors (Lipinski definition) is 2. The summed E-state index contributed by atoms with van der Waals surface area (Å²) >= 11 is 0. The maximum atomic E-state index is 12.1. The van der Waals surface area contributed by atoms with Crippen molar-refractivity contribution >= 4 is 6.03 Å². The molecule has 2 saturated heterocycles. The molecule has 4 nitrogen and oxygen atoms in total. The van der Waals surface area contributed by atoms with Gasteiger partial charge in [0.2, 0.25) is 0 Å². The number of carbonyl (C=O) groups is 1. The number of nitrogens with one attached hydrogen (secondary N) is 2. The molecule has 0 bridgehead atoms. The number of piperidine rings is 1. The summed E-state index contributed by atoms with van der Waals surface area (Å²) in [5.41, 5.74) is 0. The Bertz CT molecular complexity index is 249. The fourth-order valence-corrected chi connectivity index (χ4v) is 2.78. The summed E-state index contributed by atoms with van der Waals surface area (Å²) in [6.07, 6.45) is 5.97. The van der Waals surface area contributed by atoms with Crippen molar-refractivity contribution in [3.63, 3.8) is 0 Å². The van der Waals surface area contributed by atoms with Gasteiger partial charge < -0.3 is 15.5 Å². The molecule has 2 atom stereocenters. The summed E-state index contributed by atoms with van der Waals surface area (Å²) in [6.45, 7) is 6.09. The van der Waals surface area contributed by atoms with Crippen molar-refractivity contribution in [3.05, 3.63) is 0 Å². The maximum Gasteiger partial charge on any atom is 0.317 e. The van der Waals surface area contributed by atoms with Crippen molar-refractivity contribution in [2.45, 2.75) is 45.1 Å². The average molecular weight is 239 g/mol. The minimum atomic E-state index is 0.144. The third kappa shape index (κ3) is 3.87. The van der Waals surface area contributed by atoms with Crippen molar-refractivity contribution in [3.8, 4) is 0 Å². The Labute approximate surface area is 104 Å². The SMILES string of the molecule is CC1CCCN(C(=O)NC2CCCCNC2)C1. The van der Waals surface area contributed by atoms with Gasteiger partial charge in [-0.2, -0.15) is 0 Å². The van der Waals surface area contributed by atoms with Crippen LogP contribution in [0.25, 0.3) is 0 Å². The second-order valence-electron chi connectivity index (χ2n) is 5.54. The van der Waals surface area contributed by atoms with Crippen molar-refractivity contribution in [1.82, 2.24) is 15.5 Å². The van der Waals surface area contributed by atoms with Gasteiger partial charge in [-0.3, -0.25) is 0 Å². The minimum Gasteiger partial charge on any atom is -0.334 e. The van der Waals surface area contributed by atoms with E-state index in [0.29, 0.717) is 12.0 Å². The van der Waals surface area contributed by atoms with Gasteiger partial charge in [-0.15, -0.1) is 0 Å². The molecule has 4 heteroatoms. The molecule has 0 aromatic heterocycles. The highest BCUT2D eigenvalue weighted by atomic mass is 16.2. The van der Waals surface area contributed by atoms with E-state index in [1.54, 1.807) is 0 Å². The molecule has 0 aliphatic carbocycles. The molecule has 2 rings (SSSR count). The second kappa shape index (κ2) is 6.24. The minimum absolute atomic E-state index is 0.144. The Morgan fingerprint density at radius 1 is 1.29 bits per heavy atom. The molecule has 0 radical (unpaired) electrons. The molecule has 0 spiro atoms. The number of nitrogens with zero attached hydrogens (tertiary/aromatic N) is 1. The van der Waals surface area contributed by atoms with Crippen molar-refractivity contribution < 1.29 is 4.79 Å². The number of hydrogen-bond acceptors (Lipinski definition) is 2. The molecule has 2 amide bonds. The number of urea groups is 1. The first-order chi connectivity index (χ1) is 8.25. The Morgan fingerprint density at radius 3 is 3.00 bits per heavy atom. The standard InChI is InChI=1S/C13H25N3O/c1-11-5-4-8-16(10-11)13(17)15-12-6-2-3-7-14-9-12/h11-12,14H,2-10H2,1H3,(H,15,17). The van der Waals surface area contributed by atoms with Crippen LogP contribution < -0.4 is 10.6 Å². The van der Waals surface area contributed by atoms with Crippen LogP contribution in [0.1, 0.15) is 39.0 Å². The lowest BCUT2D eigenvalue weighted by molar-refractivity contribution is 0.166. The van der Waals surface area contributed by atoms with Crippen LogP contribution >= 0.6 is 0 Å². The quantitative estimate of drug-likeness (QED) is 0.729. The molecule has 98 valence electrons. The molecule has 17 heavy (non-hydrogen) atoms. The van der Waals surface area contributed by atoms with E-state index in [4.69, 9.17) is 0 Å². The number of carbonyl (C=O) groups excluding carboxylic acids is 1. The van der Waals surface area contributed by atoms with Crippen molar-refractivity contribution in [2.24, 2.45) is 5.92 Å². The smallest absolute Gasteiger partial charge is 0.317 e. The first kappa shape index (κ1) is 12.7. The highest BCUT2D eigenvalue weighted by Gasteiger charge is 2.23. The highest BCUT2D eigenvalue weighted by Crippen LogP contribution is 2.15. The van der Waals surface area contributed by atoms with Crippen LogP contribution in [0.3, 0.4) is 0 Å². The lowest BCUT2D eigenvalue weighted by Gasteiger charge is -2.32. The molecule has 0 aromatic carbocycles. The maximum absolute atomic E-state index is 12.1. The summed E-state index contributed by atoms with van der Waals surface area (Å²) in [5.74, 6) is 0.654. The van der Waals surface area contributed by atoms with Gasteiger partial charge in [0.15, 0.2) is 0 Å². The third-order valence-corrected chi connectivity index (χ3v) is 3.82. The van der Waals surface area contributed by atoms with Gasteiger partial charge >= 0.3 is 6.03 Å². The lowest BCUT2D eigenvalue weighted by atomic mass is 10.0. The topological polar surface area (TPSA) is 44.4 Å². The van der Waals surface area contributed by atoms with Crippen molar-refractivity contribution in [1.29, 1.82) is 0 Å². The van der Waals surface area contributed by atoms with Crippen LogP contribution in [0.4, 0.5) is 4.79 Å². The molecule has 2 aliphatic heterocycles. The molecule has 2 unspecified atom stereocenters. The first-order valence-electron chi connectivity index (χ1n) is 7.02. The lowest BCUT2D eigenvalue weighted by Crippen LogP contribution is -2.50. The van der Waals surface area contributed by atoms with Crippen LogP contribution in [0.2, 0.25) is 0 Å². The molecular formula is C13H25N3O. The van der Waals surface area contributed by atoms with Crippen LogP contribution in [0.15, 0.2) is 0 Å². The summed E-state index contributed by atoms with van der Waals surface area (Å²) in [6, 6.07) is 0.465. The Hall–Kier alpha value is -0.770. The van der Waals surface area contributed by atoms with Gasteiger partial charge in [-0.1, -0.05) is 13.3 Å². The normalized spacial score (nSPS) is 30.8. The Morgan fingerprint density at radius 2 is 2.18 bits per heavy atom. The summed E-state index contributed by atoms with van der Waals surface area (Å²) < 4.78 is 0. The molecule has 0 saturated carbocycles. The summed E-state index contributed by atoms with van der Waals surface area (Å²) in [7, 11) is 0. The predicted octanol–water partition coefficient (Wildman–Crippen LogP) is 1.57. The monoisotopic (exact) mass is 239 g/mol. The van der Waals surface area contributed by atoms with E-state index < -0.39 is 0 Å². The third-order valence-electron chi connectivity index (χ3n) is 3.82. The van der Waals surface area contributed by atoms with Crippen molar-refractivity contribution in [2.75, 3.05) is 26.2 Å². The van der Waals surface area contributed by atoms with Gasteiger partial charge in [0.05, 0.1) is 0 Å². The number of rotatable bonds is 1. The van der Waals surface area contributed by atoms with E-state index in [1.807, 2.05) is 4.90 Å². The second-order valence-corrected chi connectivity index (χ2v) is 5.54. The van der Waals surface area contributed by atoms with Gasteiger partial charge in [-0.05, 0) is 38.1 Å². The zero-order valence-corrected chi connectivity index (χ0v) is 10.9. The molecule has 2 aliphatic rings. The number of amides is 2. The Balaban J connectivity index is 1.78. The summed E-state index contributed by atoms with van der Waals surface area (Å²) in [5, 5.41) is 6.55. The van der Waals surface area contributed by atoms with E-state index in [-0.39, 0.29) is 6.03 Å². The van der Waals surface area contributed by atoms with Gasteiger partial charge in [0.25, 0.3) is 0 Å². The summed E-state index contributed by atoms with van der Waals surface area (Å²) in [4.78, 5) is 14.1. The number of likely N-dealkylation sites (tertiary alicyclic amines) is 1. The van der Waals surface area contributed by atoms with Crippen LogP contribution in [-0.2, 0) is 0 Å². The van der Waals surface area contributed by atoms with E-state index in [1.165, 1.54) is 19.3 Å². The average Bonchev–Trinajstić information content (AvgIpc) is 2.57.